The number of likely N-dealkylation sites (tertiary alicyclic amines) is 1. The summed E-state index contributed by atoms with van der Waals surface area (Å²) in [5.41, 5.74) is 3.16. The molecule has 1 saturated heterocycles. The van der Waals surface area contributed by atoms with E-state index in [1.54, 1.807) is 0 Å². The van der Waals surface area contributed by atoms with Crippen molar-refractivity contribution in [1.82, 2.24) is 14.9 Å². The fourth-order valence-electron chi connectivity index (χ4n) is 3.46. The minimum absolute atomic E-state index is 0.0391. The SMILES string of the molecule is CCC(C(=O)N1CC(c2nc3ccccc3[nH]2)C1)c1ccccc1. The fourth-order valence-corrected chi connectivity index (χ4v) is 3.46. The summed E-state index contributed by atoms with van der Waals surface area (Å²) in [6, 6.07) is 18.1. The van der Waals surface area contributed by atoms with Gasteiger partial charge in [-0.3, -0.25) is 4.79 Å². The summed E-state index contributed by atoms with van der Waals surface area (Å²) in [5, 5.41) is 0. The number of nitrogens with zero attached hydrogens (tertiary/aromatic N) is 2. The van der Waals surface area contributed by atoms with E-state index in [1.165, 1.54) is 0 Å². The highest BCUT2D eigenvalue weighted by Gasteiger charge is 2.36. The van der Waals surface area contributed by atoms with E-state index in [9.17, 15) is 4.79 Å². The Balaban J connectivity index is 1.45. The van der Waals surface area contributed by atoms with Crippen molar-refractivity contribution in [3.63, 3.8) is 0 Å². The van der Waals surface area contributed by atoms with Crippen molar-refractivity contribution < 1.29 is 4.79 Å². The van der Waals surface area contributed by atoms with Crippen LogP contribution in [0.5, 0.6) is 0 Å². The zero-order valence-electron chi connectivity index (χ0n) is 13.8. The van der Waals surface area contributed by atoms with Crippen LogP contribution >= 0.6 is 0 Å². The Morgan fingerprint density at radius 3 is 2.58 bits per heavy atom. The van der Waals surface area contributed by atoms with Crippen LogP contribution in [0.4, 0.5) is 0 Å². The minimum atomic E-state index is -0.0391. The second kappa shape index (κ2) is 6.11. The lowest BCUT2D eigenvalue weighted by atomic mass is 9.91. The zero-order chi connectivity index (χ0) is 16.5. The van der Waals surface area contributed by atoms with Crippen LogP contribution in [0.3, 0.4) is 0 Å². The molecule has 4 rings (SSSR count). The normalized spacial score (nSPS) is 16.1. The molecule has 1 N–H and O–H groups in total. The van der Waals surface area contributed by atoms with Gasteiger partial charge >= 0.3 is 0 Å². The maximum Gasteiger partial charge on any atom is 0.230 e. The molecule has 3 aromatic rings. The maximum absolute atomic E-state index is 12.8. The van der Waals surface area contributed by atoms with Crippen LogP contribution in [0.25, 0.3) is 11.0 Å². The number of aromatic nitrogens is 2. The molecule has 0 aliphatic carbocycles. The number of benzene rings is 2. The first-order chi connectivity index (χ1) is 11.8. The molecule has 2 aromatic carbocycles. The number of nitrogens with one attached hydrogen (secondary N) is 1. The van der Waals surface area contributed by atoms with Gasteiger partial charge in [0.25, 0.3) is 0 Å². The van der Waals surface area contributed by atoms with Gasteiger partial charge in [0.1, 0.15) is 5.82 Å². The number of carbonyl (C=O) groups is 1. The van der Waals surface area contributed by atoms with Gasteiger partial charge in [-0.2, -0.15) is 0 Å². The highest BCUT2D eigenvalue weighted by Crippen LogP contribution is 2.31. The zero-order valence-corrected chi connectivity index (χ0v) is 13.8. The molecular weight excluding hydrogens is 298 g/mol. The van der Waals surface area contributed by atoms with Crippen molar-refractivity contribution in [2.45, 2.75) is 25.2 Å². The van der Waals surface area contributed by atoms with Crippen molar-refractivity contribution >= 4 is 16.9 Å². The number of fused-ring (bicyclic) bond motifs is 1. The van der Waals surface area contributed by atoms with Gasteiger partial charge in [-0.15, -0.1) is 0 Å². The summed E-state index contributed by atoms with van der Waals surface area (Å²) in [6.07, 6.45) is 0.828. The summed E-state index contributed by atoms with van der Waals surface area (Å²) in [5.74, 6) is 1.50. The third-order valence-corrected chi connectivity index (χ3v) is 4.90. The summed E-state index contributed by atoms with van der Waals surface area (Å²) < 4.78 is 0. The molecule has 0 spiro atoms. The van der Waals surface area contributed by atoms with Crippen LogP contribution in [-0.2, 0) is 4.79 Å². The van der Waals surface area contributed by atoms with Crippen LogP contribution in [0, 0.1) is 0 Å². The molecule has 0 bridgehead atoms. The Labute approximate surface area is 141 Å². The number of hydrogen-bond acceptors (Lipinski definition) is 2. The second-order valence-electron chi connectivity index (χ2n) is 6.45. The monoisotopic (exact) mass is 319 g/mol. The molecule has 4 nitrogen and oxygen atoms in total. The third kappa shape index (κ3) is 2.58. The van der Waals surface area contributed by atoms with E-state index in [0.29, 0.717) is 5.92 Å². The third-order valence-electron chi connectivity index (χ3n) is 4.90. The number of hydrogen-bond donors (Lipinski definition) is 1. The number of aromatic amines is 1. The van der Waals surface area contributed by atoms with E-state index >= 15 is 0 Å². The van der Waals surface area contributed by atoms with Gasteiger partial charge in [-0.25, -0.2) is 4.98 Å². The Morgan fingerprint density at radius 1 is 1.17 bits per heavy atom. The first-order valence-corrected chi connectivity index (χ1v) is 8.54. The Kier molecular flexibility index (Phi) is 3.81. The molecule has 1 amide bonds. The molecule has 122 valence electrons. The Hall–Kier alpha value is -2.62. The predicted molar refractivity (Wildman–Crippen MR) is 94.9 cm³/mol. The van der Waals surface area contributed by atoms with Crippen LogP contribution in [0.15, 0.2) is 54.6 Å². The number of rotatable bonds is 4. The molecule has 24 heavy (non-hydrogen) atoms. The molecule has 1 fully saturated rings. The second-order valence-corrected chi connectivity index (χ2v) is 6.45. The fraction of sp³-hybridized carbons (Fsp3) is 0.300. The van der Waals surface area contributed by atoms with E-state index in [0.717, 1.165) is 41.9 Å². The summed E-state index contributed by atoms with van der Waals surface area (Å²) >= 11 is 0. The molecular formula is C20H21N3O. The number of para-hydroxylation sites is 2. The van der Waals surface area contributed by atoms with Crippen molar-refractivity contribution in [3.05, 3.63) is 66.0 Å². The van der Waals surface area contributed by atoms with Crippen molar-refractivity contribution in [2.24, 2.45) is 0 Å². The lowest BCUT2D eigenvalue weighted by molar-refractivity contribution is -0.137. The number of H-pyrrole nitrogens is 1. The van der Waals surface area contributed by atoms with Crippen LogP contribution in [0.1, 0.15) is 36.6 Å². The molecule has 2 heterocycles. The molecule has 1 aliphatic heterocycles. The van der Waals surface area contributed by atoms with Gasteiger partial charge < -0.3 is 9.88 Å². The highest BCUT2D eigenvalue weighted by molar-refractivity contribution is 5.84. The van der Waals surface area contributed by atoms with Crippen LogP contribution < -0.4 is 0 Å². The van der Waals surface area contributed by atoms with Gasteiger partial charge in [-0.1, -0.05) is 49.4 Å². The van der Waals surface area contributed by atoms with Crippen molar-refractivity contribution in [1.29, 1.82) is 0 Å². The number of imidazole rings is 1. The number of amides is 1. The van der Waals surface area contributed by atoms with Gasteiger partial charge in [-0.05, 0) is 24.1 Å². The molecule has 4 heteroatoms. The molecule has 1 aliphatic rings. The smallest absolute Gasteiger partial charge is 0.230 e. The maximum atomic E-state index is 12.8. The van der Waals surface area contributed by atoms with Gasteiger partial charge in [0.15, 0.2) is 0 Å². The summed E-state index contributed by atoms with van der Waals surface area (Å²) in [6.45, 7) is 3.58. The lowest BCUT2D eigenvalue weighted by Gasteiger charge is -2.40. The molecule has 0 saturated carbocycles. The highest BCUT2D eigenvalue weighted by atomic mass is 16.2. The average Bonchev–Trinajstić information content (AvgIpc) is 2.98. The summed E-state index contributed by atoms with van der Waals surface area (Å²) in [7, 11) is 0. The molecule has 1 atom stereocenters. The Morgan fingerprint density at radius 2 is 1.88 bits per heavy atom. The first-order valence-electron chi connectivity index (χ1n) is 8.54. The van der Waals surface area contributed by atoms with Crippen LogP contribution in [0.2, 0.25) is 0 Å². The Bertz CT molecular complexity index is 816. The van der Waals surface area contributed by atoms with Gasteiger partial charge in [0, 0.05) is 13.1 Å². The molecule has 1 aromatic heterocycles. The quantitative estimate of drug-likeness (QED) is 0.797. The van der Waals surface area contributed by atoms with E-state index in [2.05, 4.69) is 16.9 Å². The van der Waals surface area contributed by atoms with Crippen molar-refractivity contribution in [2.75, 3.05) is 13.1 Å². The predicted octanol–water partition coefficient (Wildman–Crippen LogP) is 3.68. The van der Waals surface area contributed by atoms with Crippen molar-refractivity contribution in [3.8, 4) is 0 Å². The lowest BCUT2D eigenvalue weighted by Crippen LogP contribution is -2.50. The molecule has 0 radical (unpaired) electrons. The average molecular weight is 319 g/mol. The van der Waals surface area contributed by atoms with E-state index in [-0.39, 0.29) is 11.8 Å². The first kappa shape index (κ1) is 14.9. The topological polar surface area (TPSA) is 49.0 Å². The number of carbonyl (C=O) groups excluding carboxylic acids is 1. The molecule has 1 unspecified atom stereocenters. The van der Waals surface area contributed by atoms with Gasteiger partial charge in [0.2, 0.25) is 5.91 Å². The van der Waals surface area contributed by atoms with E-state index in [1.807, 2.05) is 59.5 Å². The largest absolute Gasteiger partial charge is 0.342 e. The van der Waals surface area contributed by atoms with E-state index < -0.39 is 0 Å². The standard InChI is InChI=1S/C20H21N3O/c1-2-16(14-8-4-3-5-9-14)20(24)23-12-15(13-23)19-21-17-10-6-7-11-18(17)22-19/h3-11,15-16H,2,12-13H2,1H3,(H,21,22). The minimum Gasteiger partial charge on any atom is -0.342 e. The van der Waals surface area contributed by atoms with Crippen LogP contribution in [-0.4, -0.2) is 33.9 Å². The van der Waals surface area contributed by atoms with Gasteiger partial charge in [0.05, 0.1) is 22.9 Å². The summed E-state index contributed by atoms with van der Waals surface area (Å²) in [4.78, 5) is 22.8. The van der Waals surface area contributed by atoms with E-state index in [4.69, 9.17) is 0 Å².